The summed E-state index contributed by atoms with van der Waals surface area (Å²) in [5, 5.41) is 8.46. The highest BCUT2D eigenvalue weighted by Gasteiger charge is 2.16. The van der Waals surface area contributed by atoms with Crippen molar-refractivity contribution in [3.8, 4) is 0 Å². The summed E-state index contributed by atoms with van der Waals surface area (Å²) >= 11 is 0. The molecular weight excluding hydrogens is 390 g/mol. The van der Waals surface area contributed by atoms with E-state index in [1.807, 2.05) is 50.2 Å². The molecule has 0 aliphatic carbocycles. The van der Waals surface area contributed by atoms with Crippen LogP contribution in [0, 0.1) is 0 Å². The van der Waals surface area contributed by atoms with Gasteiger partial charge in [0.05, 0.1) is 18.1 Å². The second kappa shape index (κ2) is 10.9. The van der Waals surface area contributed by atoms with Crippen molar-refractivity contribution in [3.63, 3.8) is 0 Å². The number of hydrogen-bond donors (Lipinski definition) is 1. The van der Waals surface area contributed by atoms with E-state index in [2.05, 4.69) is 17.3 Å². The van der Waals surface area contributed by atoms with E-state index in [0.717, 1.165) is 30.4 Å². The maximum Gasteiger partial charge on any atom is 0.274 e. The minimum atomic E-state index is -0.285. The van der Waals surface area contributed by atoms with Gasteiger partial charge in [0.1, 0.15) is 0 Å². The Hall–Kier alpha value is -2.99. The quantitative estimate of drug-likeness (QED) is 0.491. The maximum absolute atomic E-state index is 13.0. The molecule has 0 atom stereocenters. The Balaban J connectivity index is 1.75. The van der Waals surface area contributed by atoms with Gasteiger partial charge in [-0.05, 0) is 37.5 Å². The van der Waals surface area contributed by atoms with Crippen LogP contribution in [0.4, 0.5) is 0 Å². The number of fused-ring (bicyclic) bond motifs is 1. The zero-order valence-electron chi connectivity index (χ0n) is 18.6. The number of unbranched alkanes of at least 4 members (excludes halogenated alkanes) is 2. The number of aryl methyl sites for hydroxylation is 1. The first kappa shape index (κ1) is 22.7. The highest BCUT2D eigenvalue weighted by atomic mass is 16.5. The van der Waals surface area contributed by atoms with Gasteiger partial charge in [-0.1, -0.05) is 62.2 Å². The molecule has 31 heavy (non-hydrogen) atoms. The Morgan fingerprint density at radius 2 is 1.71 bits per heavy atom. The number of aromatic nitrogens is 2. The van der Waals surface area contributed by atoms with E-state index in [9.17, 15) is 9.59 Å². The van der Waals surface area contributed by atoms with Crippen LogP contribution in [-0.2, 0) is 24.4 Å². The lowest BCUT2D eigenvalue weighted by molar-refractivity contribution is 0.0657. The van der Waals surface area contributed by atoms with Gasteiger partial charge >= 0.3 is 0 Å². The van der Waals surface area contributed by atoms with Crippen LogP contribution in [-0.4, -0.2) is 21.8 Å². The standard InChI is InChI=1S/C25H31N3O3/c1-4-5-8-15-28-25(30)22-10-7-6-9-21(22)23(27-28)24(29)26-16-19-11-13-20(14-12-19)17-31-18(2)3/h6-7,9-14,18H,4-5,8,15-17H2,1-3H3,(H,26,29). The van der Waals surface area contributed by atoms with Crippen molar-refractivity contribution < 1.29 is 9.53 Å². The fourth-order valence-corrected chi connectivity index (χ4v) is 3.35. The molecule has 6 nitrogen and oxygen atoms in total. The highest BCUT2D eigenvalue weighted by Crippen LogP contribution is 2.14. The molecule has 1 heterocycles. The van der Waals surface area contributed by atoms with Crippen molar-refractivity contribution in [2.24, 2.45) is 0 Å². The number of carbonyl (C=O) groups excluding carboxylic acids is 1. The Bertz CT molecular complexity index is 1070. The van der Waals surface area contributed by atoms with Crippen molar-refractivity contribution >= 4 is 16.7 Å². The number of carbonyl (C=O) groups is 1. The average molecular weight is 422 g/mol. The van der Waals surface area contributed by atoms with Gasteiger partial charge in [-0.2, -0.15) is 5.10 Å². The Morgan fingerprint density at radius 1 is 1.03 bits per heavy atom. The largest absolute Gasteiger partial charge is 0.374 e. The van der Waals surface area contributed by atoms with E-state index < -0.39 is 0 Å². The summed E-state index contributed by atoms with van der Waals surface area (Å²) in [5.41, 5.74) is 2.22. The third-order valence-electron chi connectivity index (χ3n) is 5.12. The second-order valence-corrected chi connectivity index (χ2v) is 7.99. The van der Waals surface area contributed by atoms with E-state index in [-0.39, 0.29) is 23.3 Å². The Labute approximate surface area is 183 Å². The van der Waals surface area contributed by atoms with Crippen molar-refractivity contribution in [1.29, 1.82) is 0 Å². The molecule has 0 radical (unpaired) electrons. The number of benzene rings is 2. The van der Waals surface area contributed by atoms with Gasteiger partial charge in [-0.15, -0.1) is 0 Å². The third kappa shape index (κ3) is 6.01. The Kier molecular flexibility index (Phi) is 7.95. The van der Waals surface area contributed by atoms with Gasteiger partial charge in [-0.3, -0.25) is 9.59 Å². The van der Waals surface area contributed by atoms with Crippen LogP contribution in [0.3, 0.4) is 0 Å². The zero-order valence-corrected chi connectivity index (χ0v) is 18.6. The maximum atomic E-state index is 13.0. The van der Waals surface area contributed by atoms with Crippen LogP contribution >= 0.6 is 0 Å². The molecule has 0 saturated heterocycles. The Morgan fingerprint density at radius 3 is 2.39 bits per heavy atom. The van der Waals surface area contributed by atoms with Crippen molar-refractivity contribution in [2.75, 3.05) is 0 Å². The second-order valence-electron chi connectivity index (χ2n) is 7.99. The van der Waals surface area contributed by atoms with E-state index in [4.69, 9.17) is 4.74 Å². The van der Waals surface area contributed by atoms with Gasteiger partial charge in [0, 0.05) is 18.5 Å². The molecule has 0 bridgehead atoms. The van der Waals surface area contributed by atoms with Crippen LogP contribution in [0.5, 0.6) is 0 Å². The van der Waals surface area contributed by atoms with Crippen LogP contribution in [0.1, 0.15) is 61.6 Å². The molecule has 0 aliphatic rings. The first-order valence-corrected chi connectivity index (χ1v) is 11.0. The van der Waals surface area contributed by atoms with E-state index in [1.165, 1.54) is 4.68 Å². The summed E-state index contributed by atoms with van der Waals surface area (Å²) in [6, 6.07) is 15.1. The number of amides is 1. The average Bonchev–Trinajstić information content (AvgIpc) is 2.78. The first-order chi connectivity index (χ1) is 15.0. The zero-order chi connectivity index (χ0) is 22.2. The molecule has 0 aliphatic heterocycles. The number of nitrogens with one attached hydrogen (secondary N) is 1. The third-order valence-corrected chi connectivity index (χ3v) is 5.12. The minimum Gasteiger partial charge on any atom is -0.374 e. The predicted octanol–water partition coefficient (Wildman–Crippen LogP) is 4.44. The van der Waals surface area contributed by atoms with Crippen LogP contribution in [0.15, 0.2) is 53.3 Å². The summed E-state index contributed by atoms with van der Waals surface area (Å²) in [4.78, 5) is 25.7. The molecule has 0 fully saturated rings. The van der Waals surface area contributed by atoms with Crippen molar-refractivity contribution in [3.05, 3.63) is 75.7 Å². The first-order valence-electron chi connectivity index (χ1n) is 11.0. The number of nitrogens with zero attached hydrogens (tertiary/aromatic N) is 2. The summed E-state index contributed by atoms with van der Waals surface area (Å²) < 4.78 is 7.04. The molecule has 1 amide bonds. The van der Waals surface area contributed by atoms with Crippen molar-refractivity contribution in [2.45, 2.75) is 65.8 Å². The molecule has 3 rings (SSSR count). The molecular formula is C25H31N3O3. The minimum absolute atomic E-state index is 0.151. The fourth-order valence-electron chi connectivity index (χ4n) is 3.35. The normalized spacial score (nSPS) is 11.2. The summed E-state index contributed by atoms with van der Waals surface area (Å²) in [6.45, 7) is 7.59. The molecule has 6 heteroatoms. The summed E-state index contributed by atoms with van der Waals surface area (Å²) in [6.07, 6.45) is 3.11. The van der Waals surface area contributed by atoms with Gasteiger partial charge in [-0.25, -0.2) is 4.68 Å². The fraction of sp³-hybridized carbons (Fsp3) is 0.400. The molecule has 2 aromatic carbocycles. The monoisotopic (exact) mass is 421 g/mol. The lowest BCUT2D eigenvalue weighted by Crippen LogP contribution is -2.30. The van der Waals surface area contributed by atoms with E-state index >= 15 is 0 Å². The lowest BCUT2D eigenvalue weighted by atomic mass is 10.1. The number of rotatable bonds is 10. The smallest absolute Gasteiger partial charge is 0.274 e. The highest BCUT2D eigenvalue weighted by molar-refractivity contribution is 6.04. The van der Waals surface area contributed by atoms with Gasteiger partial charge < -0.3 is 10.1 Å². The van der Waals surface area contributed by atoms with Gasteiger partial charge in [0.15, 0.2) is 5.69 Å². The van der Waals surface area contributed by atoms with E-state index in [0.29, 0.717) is 30.5 Å². The molecule has 0 spiro atoms. The van der Waals surface area contributed by atoms with Crippen LogP contribution < -0.4 is 10.9 Å². The molecule has 164 valence electrons. The number of ether oxygens (including phenoxy) is 1. The SMILES string of the molecule is CCCCCn1nc(C(=O)NCc2ccc(COC(C)C)cc2)c2ccccc2c1=O. The van der Waals surface area contributed by atoms with Gasteiger partial charge in [0.25, 0.3) is 11.5 Å². The molecule has 1 aromatic heterocycles. The van der Waals surface area contributed by atoms with E-state index in [1.54, 1.807) is 12.1 Å². The molecule has 1 N–H and O–H groups in total. The predicted molar refractivity (Wildman–Crippen MR) is 123 cm³/mol. The van der Waals surface area contributed by atoms with Gasteiger partial charge in [0.2, 0.25) is 0 Å². The lowest BCUT2D eigenvalue weighted by Gasteiger charge is -2.12. The summed E-state index contributed by atoms with van der Waals surface area (Å²) in [7, 11) is 0. The van der Waals surface area contributed by atoms with Crippen LogP contribution in [0.2, 0.25) is 0 Å². The summed E-state index contributed by atoms with van der Waals surface area (Å²) in [5.74, 6) is -0.285. The molecule has 0 unspecified atom stereocenters. The van der Waals surface area contributed by atoms with Crippen LogP contribution in [0.25, 0.3) is 10.8 Å². The topological polar surface area (TPSA) is 73.2 Å². The molecule has 3 aromatic rings. The van der Waals surface area contributed by atoms with Crippen molar-refractivity contribution in [1.82, 2.24) is 15.1 Å². The number of hydrogen-bond acceptors (Lipinski definition) is 4. The molecule has 0 saturated carbocycles.